The van der Waals surface area contributed by atoms with Crippen molar-refractivity contribution in [3.05, 3.63) is 97.2 Å². The van der Waals surface area contributed by atoms with Crippen molar-refractivity contribution >= 4 is 17.9 Å². The van der Waals surface area contributed by atoms with Crippen molar-refractivity contribution in [3.8, 4) is 0 Å². The minimum atomic E-state index is -0.796. The van der Waals surface area contributed by atoms with E-state index in [2.05, 4.69) is 99.8 Å². The fourth-order valence-corrected chi connectivity index (χ4v) is 6.86. The average Bonchev–Trinajstić information content (AvgIpc) is 3.28. The number of unbranched alkanes of at least 4 members (excludes halogenated alkanes) is 23. The Morgan fingerprint density at radius 2 is 0.635 bits per heavy atom. The maximum Gasteiger partial charge on any atom is 0.306 e. The molecule has 0 aromatic carbocycles. The summed E-state index contributed by atoms with van der Waals surface area (Å²) in [5.74, 6) is -0.937. The van der Waals surface area contributed by atoms with Gasteiger partial charge in [0.15, 0.2) is 6.10 Å². The Bertz CT molecular complexity index is 1280. The van der Waals surface area contributed by atoms with Crippen molar-refractivity contribution in [1.82, 2.24) is 0 Å². The van der Waals surface area contributed by atoms with Gasteiger partial charge >= 0.3 is 17.9 Å². The summed E-state index contributed by atoms with van der Waals surface area (Å²) in [7, 11) is 0. The molecule has 0 spiro atoms. The van der Waals surface area contributed by atoms with Crippen molar-refractivity contribution in [1.29, 1.82) is 0 Å². The van der Waals surface area contributed by atoms with Crippen LogP contribution in [0.2, 0.25) is 0 Å². The van der Waals surface area contributed by atoms with Crippen LogP contribution in [0.5, 0.6) is 0 Å². The summed E-state index contributed by atoms with van der Waals surface area (Å²) in [5, 5.41) is 0. The number of allylic oxidation sites excluding steroid dienone is 16. The molecule has 0 aliphatic rings. The number of hydrogen-bond donors (Lipinski definition) is 0. The maximum atomic E-state index is 12.8. The Morgan fingerprint density at radius 3 is 1.02 bits per heavy atom. The number of hydrogen-bond acceptors (Lipinski definition) is 6. The minimum absolute atomic E-state index is 0.0936. The second-order valence-corrected chi connectivity index (χ2v) is 16.8. The number of esters is 3. The van der Waals surface area contributed by atoms with Gasteiger partial charge in [-0.1, -0.05) is 221 Å². The monoisotopic (exact) mass is 875 g/mol. The Hall–Kier alpha value is -3.67. The molecule has 0 N–H and O–H groups in total. The van der Waals surface area contributed by atoms with Gasteiger partial charge in [-0.25, -0.2) is 0 Å². The quantitative estimate of drug-likeness (QED) is 0.0199. The third-order valence-electron chi connectivity index (χ3n) is 10.7. The lowest BCUT2D eigenvalue weighted by Crippen LogP contribution is -2.30. The Morgan fingerprint density at radius 1 is 0.333 bits per heavy atom. The van der Waals surface area contributed by atoms with Crippen LogP contribution in [0.4, 0.5) is 0 Å². The largest absolute Gasteiger partial charge is 0.462 e. The molecule has 0 heterocycles. The van der Waals surface area contributed by atoms with E-state index in [1.54, 1.807) is 0 Å². The van der Waals surface area contributed by atoms with Crippen LogP contribution in [0.3, 0.4) is 0 Å². The molecule has 63 heavy (non-hydrogen) atoms. The molecule has 0 fully saturated rings. The summed E-state index contributed by atoms with van der Waals surface area (Å²) in [4.78, 5) is 38.0. The molecular formula is C57H94O6. The Labute approximate surface area is 387 Å². The van der Waals surface area contributed by atoms with E-state index < -0.39 is 6.10 Å². The third-order valence-corrected chi connectivity index (χ3v) is 10.7. The molecule has 0 saturated heterocycles. The van der Waals surface area contributed by atoms with E-state index in [1.165, 1.54) is 83.5 Å². The van der Waals surface area contributed by atoms with Gasteiger partial charge in [0.25, 0.3) is 0 Å². The van der Waals surface area contributed by atoms with Crippen molar-refractivity contribution in [2.24, 2.45) is 0 Å². The molecular weight excluding hydrogens is 781 g/mol. The van der Waals surface area contributed by atoms with Gasteiger partial charge in [0.2, 0.25) is 0 Å². The van der Waals surface area contributed by atoms with Gasteiger partial charge in [-0.15, -0.1) is 0 Å². The Balaban J connectivity index is 4.46. The molecule has 0 bridgehead atoms. The van der Waals surface area contributed by atoms with Crippen molar-refractivity contribution < 1.29 is 28.6 Å². The van der Waals surface area contributed by atoms with Crippen LogP contribution in [0.1, 0.15) is 226 Å². The summed E-state index contributed by atoms with van der Waals surface area (Å²) in [6.07, 6.45) is 66.7. The Kier molecular flexibility index (Phi) is 48.0. The van der Waals surface area contributed by atoms with Crippen LogP contribution >= 0.6 is 0 Å². The first-order valence-corrected chi connectivity index (χ1v) is 25.8. The molecule has 0 amide bonds. The van der Waals surface area contributed by atoms with Crippen LogP contribution in [0.25, 0.3) is 0 Å². The number of carbonyl (C=O) groups excluding carboxylic acids is 3. The van der Waals surface area contributed by atoms with Crippen LogP contribution < -0.4 is 0 Å². The summed E-state index contributed by atoms with van der Waals surface area (Å²) in [6.45, 7) is 6.32. The second-order valence-electron chi connectivity index (χ2n) is 16.8. The highest BCUT2D eigenvalue weighted by Crippen LogP contribution is 2.14. The van der Waals surface area contributed by atoms with E-state index in [0.29, 0.717) is 19.3 Å². The highest BCUT2D eigenvalue weighted by Gasteiger charge is 2.19. The van der Waals surface area contributed by atoms with Crippen LogP contribution in [-0.2, 0) is 28.6 Å². The summed E-state index contributed by atoms with van der Waals surface area (Å²) >= 11 is 0. The van der Waals surface area contributed by atoms with Crippen LogP contribution in [-0.4, -0.2) is 37.2 Å². The lowest BCUT2D eigenvalue weighted by atomic mass is 10.1. The smallest absolute Gasteiger partial charge is 0.306 e. The standard InChI is InChI=1S/C57H94O6/c1-4-7-10-13-16-19-22-25-28-31-34-37-40-43-46-49-55(58)61-52-54(63-57(60)51-48-45-42-39-36-33-30-27-24-21-18-15-12-9-6-3)53-62-56(59)50-47-44-41-38-35-32-29-26-23-20-17-14-11-8-5-2/h7,9-10,12-13,15-16,18-25,28,54H,4-6,8,11,14,17,26-27,29-53H2,1-3H3/b10-7-,12-9-,16-13-,18-15-,22-19-,23-20-,24-21-,28-25-. The SMILES string of the molecule is CC\C=C/C=C\C=C/C=C\CCCCCCCC(=O)OCC(COC(=O)CCCCCCCCC/C=C\CCCCCC)OC(=O)CCCCCCCCC\C=C/C=C\C=C/CC. The highest BCUT2D eigenvalue weighted by molar-refractivity contribution is 5.71. The molecule has 0 rings (SSSR count). The summed E-state index contributed by atoms with van der Waals surface area (Å²) in [6, 6.07) is 0. The molecule has 358 valence electrons. The van der Waals surface area contributed by atoms with Crippen LogP contribution in [0, 0.1) is 0 Å². The van der Waals surface area contributed by atoms with E-state index in [-0.39, 0.29) is 31.1 Å². The predicted molar refractivity (Wildman–Crippen MR) is 270 cm³/mol. The summed E-state index contributed by atoms with van der Waals surface area (Å²) in [5.41, 5.74) is 0. The predicted octanol–water partition coefficient (Wildman–Crippen LogP) is 17.0. The van der Waals surface area contributed by atoms with Gasteiger partial charge < -0.3 is 14.2 Å². The lowest BCUT2D eigenvalue weighted by molar-refractivity contribution is -0.167. The molecule has 6 nitrogen and oxygen atoms in total. The van der Waals surface area contributed by atoms with Gasteiger partial charge in [-0.05, 0) is 83.5 Å². The minimum Gasteiger partial charge on any atom is -0.462 e. The van der Waals surface area contributed by atoms with Crippen LogP contribution in [0.15, 0.2) is 97.2 Å². The molecule has 0 radical (unpaired) electrons. The van der Waals surface area contributed by atoms with Gasteiger partial charge in [0, 0.05) is 19.3 Å². The highest BCUT2D eigenvalue weighted by atomic mass is 16.6. The second kappa shape index (κ2) is 51.0. The zero-order valence-corrected chi connectivity index (χ0v) is 40.8. The van der Waals surface area contributed by atoms with Crippen molar-refractivity contribution in [2.45, 2.75) is 232 Å². The first-order valence-electron chi connectivity index (χ1n) is 25.8. The zero-order valence-electron chi connectivity index (χ0n) is 40.8. The molecule has 0 aromatic heterocycles. The zero-order chi connectivity index (χ0) is 45.8. The van der Waals surface area contributed by atoms with E-state index in [9.17, 15) is 14.4 Å². The number of carbonyl (C=O) groups is 3. The molecule has 1 atom stereocenters. The molecule has 0 saturated carbocycles. The average molecular weight is 875 g/mol. The van der Waals surface area contributed by atoms with Gasteiger partial charge in [0.05, 0.1) is 0 Å². The van der Waals surface area contributed by atoms with Gasteiger partial charge in [-0.2, -0.15) is 0 Å². The van der Waals surface area contributed by atoms with Gasteiger partial charge in [-0.3, -0.25) is 14.4 Å². The topological polar surface area (TPSA) is 78.9 Å². The summed E-state index contributed by atoms with van der Waals surface area (Å²) < 4.78 is 16.8. The maximum absolute atomic E-state index is 12.8. The fraction of sp³-hybridized carbons (Fsp3) is 0.667. The molecule has 0 aliphatic carbocycles. The fourth-order valence-electron chi connectivity index (χ4n) is 6.86. The van der Waals surface area contributed by atoms with Gasteiger partial charge in [0.1, 0.15) is 13.2 Å². The van der Waals surface area contributed by atoms with Crippen molar-refractivity contribution in [2.75, 3.05) is 13.2 Å². The first-order chi connectivity index (χ1) is 31.0. The molecule has 0 aromatic rings. The van der Waals surface area contributed by atoms with E-state index in [0.717, 1.165) is 103 Å². The molecule has 6 heteroatoms. The van der Waals surface area contributed by atoms with Crippen molar-refractivity contribution in [3.63, 3.8) is 0 Å². The normalized spacial score (nSPS) is 12.9. The first kappa shape index (κ1) is 59.3. The van der Waals surface area contributed by atoms with E-state index >= 15 is 0 Å². The molecule has 1 unspecified atom stereocenters. The lowest BCUT2D eigenvalue weighted by Gasteiger charge is -2.18. The number of rotatable bonds is 45. The third kappa shape index (κ3) is 49.2. The molecule has 0 aliphatic heterocycles. The number of ether oxygens (including phenoxy) is 3. The van der Waals surface area contributed by atoms with E-state index in [4.69, 9.17) is 14.2 Å². The van der Waals surface area contributed by atoms with E-state index in [1.807, 2.05) is 18.2 Å².